The molecule has 1 saturated heterocycles. The minimum Gasteiger partial charge on any atom is -0.299 e. The summed E-state index contributed by atoms with van der Waals surface area (Å²) >= 11 is 0. The molecule has 1 fully saturated rings. The Labute approximate surface area is 56.8 Å². The van der Waals surface area contributed by atoms with Crippen LogP contribution in [0.2, 0.25) is 0 Å². The second-order valence-electron chi connectivity index (χ2n) is 2.32. The molecule has 2 heteroatoms. The van der Waals surface area contributed by atoms with Crippen LogP contribution >= 0.6 is 0 Å². The van der Waals surface area contributed by atoms with Crippen LogP contribution in [0, 0.1) is 6.92 Å². The van der Waals surface area contributed by atoms with Crippen LogP contribution in [0.15, 0.2) is 0 Å². The van der Waals surface area contributed by atoms with E-state index in [-0.39, 0.29) is 0 Å². The van der Waals surface area contributed by atoms with Gasteiger partial charge in [-0.1, -0.05) is 0 Å². The van der Waals surface area contributed by atoms with Gasteiger partial charge in [0.2, 0.25) is 0 Å². The second-order valence-corrected chi connectivity index (χ2v) is 2.32. The number of hydroxylamine groups is 2. The predicted molar refractivity (Wildman–Crippen MR) is 36.7 cm³/mol. The van der Waals surface area contributed by atoms with E-state index in [4.69, 9.17) is 4.84 Å². The van der Waals surface area contributed by atoms with E-state index in [1.807, 2.05) is 5.06 Å². The van der Waals surface area contributed by atoms with Crippen LogP contribution < -0.4 is 0 Å². The molecule has 1 aliphatic heterocycles. The molecule has 1 aliphatic rings. The summed E-state index contributed by atoms with van der Waals surface area (Å²) in [4.78, 5) is 5.32. The minimum absolute atomic E-state index is 0.778. The molecule has 0 aromatic carbocycles. The SMILES string of the molecule is [CH2]CN1CCCCCO1. The summed E-state index contributed by atoms with van der Waals surface area (Å²) < 4.78 is 0. The molecule has 0 bridgehead atoms. The molecule has 0 aromatic rings. The van der Waals surface area contributed by atoms with Crippen LogP contribution in [0.4, 0.5) is 0 Å². The summed E-state index contributed by atoms with van der Waals surface area (Å²) in [7, 11) is 0. The van der Waals surface area contributed by atoms with Gasteiger partial charge in [0.15, 0.2) is 0 Å². The highest BCUT2D eigenvalue weighted by molar-refractivity contribution is 4.53. The smallest absolute Gasteiger partial charge is 0.0685 e. The van der Waals surface area contributed by atoms with Crippen LogP contribution in [0.5, 0.6) is 0 Å². The van der Waals surface area contributed by atoms with Crippen molar-refractivity contribution in [1.29, 1.82) is 0 Å². The fourth-order valence-corrected chi connectivity index (χ4v) is 1.00. The van der Waals surface area contributed by atoms with Gasteiger partial charge in [0.1, 0.15) is 0 Å². The van der Waals surface area contributed by atoms with Crippen LogP contribution in [-0.4, -0.2) is 24.8 Å². The molecule has 1 heterocycles. The van der Waals surface area contributed by atoms with Crippen molar-refractivity contribution in [1.82, 2.24) is 5.06 Å². The average Bonchev–Trinajstić information content (AvgIpc) is 2.13. The van der Waals surface area contributed by atoms with Gasteiger partial charge in [-0.25, -0.2) is 0 Å². The molecule has 1 radical (unpaired) electrons. The molecular weight excluding hydrogens is 114 g/mol. The van der Waals surface area contributed by atoms with Crippen LogP contribution in [0.3, 0.4) is 0 Å². The van der Waals surface area contributed by atoms with Crippen LogP contribution in [0.1, 0.15) is 19.3 Å². The highest BCUT2D eigenvalue weighted by atomic mass is 16.7. The van der Waals surface area contributed by atoms with Crippen molar-refractivity contribution in [3.05, 3.63) is 6.92 Å². The summed E-state index contributed by atoms with van der Waals surface area (Å²) in [6.07, 6.45) is 3.77. The van der Waals surface area contributed by atoms with E-state index < -0.39 is 0 Å². The molecule has 0 aromatic heterocycles. The first-order valence-corrected chi connectivity index (χ1v) is 3.60. The van der Waals surface area contributed by atoms with Gasteiger partial charge in [-0.05, 0) is 26.2 Å². The number of nitrogens with zero attached hydrogens (tertiary/aromatic N) is 1. The lowest BCUT2D eigenvalue weighted by Crippen LogP contribution is -2.23. The van der Waals surface area contributed by atoms with E-state index in [9.17, 15) is 0 Å². The molecule has 0 saturated carbocycles. The standard InChI is InChI=1S/C7H14NO/c1-2-8-6-4-3-5-7-9-8/h1-7H2. The third-order valence-electron chi connectivity index (χ3n) is 1.58. The average molecular weight is 128 g/mol. The Morgan fingerprint density at radius 3 is 3.00 bits per heavy atom. The summed E-state index contributed by atoms with van der Waals surface area (Å²) in [5.41, 5.74) is 0. The lowest BCUT2D eigenvalue weighted by molar-refractivity contribution is -0.143. The van der Waals surface area contributed by atoms with Crippen LogP contribution in [-0.2, 0) is 4.84 Å². The van der Waals surface area contributed by atoms with Gasteiger partial charge < -0.3 is 0 Å². The van der Waals surface area contributed by atoms with Crippen LogP contribution in [0.25, 0.3) is 0 Å². The molecule has 0 unspecified atom stereocenters. The second kappa shape index (κ2) is 3.85. The predicted octanol–water partition coefficient (Wildman–Crippen LogP) is 1.24. The van der Waals surface area contributed by atoms with Gasteiger partial charge in [0.25, 0.3) is 0 Å². The van der Waals surface area contributed by atoms with Crippen molar-refractivity contribution in [2.45, 2.75) is 19.3 Å². The Morgan fingerprint density at radius 1 is 1.33 bits per heavy atom. The maximum absolute atomic E-state index is 5.32. The first kappa shape index (κ1) is 7.03. The van der Waals surface area contributed by atoms with Gasteiger partial charge in [0, 0.05) is 13.1 Å². The van der Waals surface area contributed by atoms with Gasteiger partial charge in [0.05, 0.1) is 6.61 Å². The maximum atomic E-state index is 5.32. The number of rotatable bonds is 1. The summed E-state index contributed by atoms with van der Waals surface area (Å²) in [6, 6.07) is 0. The molecule has 2 nitrogen and oxygen atoms in total. The molecule has 0 N–H and O–H groups in total. The van der Waals surface area contributed by atoms with Crippen molar-refractivity contribution in [2.24, 2.45) is 0 Å². The summed E-state index contributed by atoms with van der Waals surface area (Å²) in [6.45, 7) is 6.47. The third-order valence-corrected chi connectivity index (χ3v) is 1.58. The fraction of sp³-hybridized carbons (Fsp3) is 0.857. The van der Waals surface area contributed by atoms with E-state index in [0.717, 1.165) is 19.7 Å². The Kier molecular flexibility index (Phi) is 3.01. The van der Waals surface area contributed by atoms with Crippen molar-refractivity contribution in [3.8, 4) is 0 Å². The van der Waals surface area contributed by atoms with Gasteiger partial charge in [-0.2, -0.15) is 5.06 Å². The first-order valence-electron chi connectivity index (χ1n) is 3.60. The van der Waals surface area contributed by atoms with E-state index in [0.29, 0.717) is 0 Å². The zero-order chi connectivity index (χ0) is 6.53. The Balaban J connectivity index is 2.18. The fourth-order valence-electron chi connectivity index (χ4n) is 1.00. The lowest BCUT2D eigenvalue weighted by Gasteiger charge is -2.15. The maximum Gasteiger partial charge on any atom is 0.0685 e. The first-order chi connectivity index (χ1) is 4.43. The normalized spacial score (nSPS) is 23.7. The molecule has 1 rings (SSSR count). The number of hydrogen-bond acceptors (Lipinski definition) is 2. The molecule has 0 spiro atoms. The highest BCUT2D eigenvalue weighted by Gasteiger charge is 2.05. The quantitative estimate of drug-likeness (QED) is 0.526. The highest BCUT2D eigenvalue weighted by Crippen LogP contribution is 2.05. The molecule has 0 aliphatic carbocycles. The van der Waals surface area contributed by atoms with E-state index in [1.165, 1.54) is 19.3 Å². The molecule has 53 valence electrons. The molecule has 0 amide bonds. The zero-order valence-corrected chi connectivity index (χ0v) is 5.81. The lowest BCUT2D eigenvalue weighted by atomic mass is 10.2. The minimum atomic E-state index is 0.778. The van der Waals surface area contributed by atoms with Crippen molar-refractivity contribution >= 4 is 0 Å². The summed E-state index contributed by atoms with van der Waals surface area (Å²) in [5, 5.41) is 1.94. The van der Waals surface area contributed by atoms with E-state index >= 15 is 0 Å². The van der Waals surface area contributed by atoms with Crippen molar-refractivity contribution in [3.63, 3.8) is 0 Å². The van der Waals surface area contributed by atoms with Gasteiger partial charge >= 0.3 is 0 Å². The van der Waals surface area contributed by atoms with Crippen molar-refractivity contribution in [2.75, 3.05) is 19.7 Å². The number of hydrogen-bond donors (Lipinski definition) is 0. The van der Waals surface area contributed by atoms with Gasteiger partial charge in [-0.3, -0.25) is 4.84 Å². The zero-order valence-electron chi connectivity index (χ0n) is 5.81. The Morgan fingerprint density at radius 2 is 2.22 bits per heavy atom. The molecular formula is C7H14NO. The monoisotopic (exact) mass is 128 g/mol. The van der Waals surface area contributed by atoms with Crippen molar-refractivity contribution < 1.29 is 4.84 Å². The molecule has 0 atom stereocenters. The molecule has 9 heavy (non-hydrogen) atoms. The largest absolute Gasteiger partial charge is 0.299 e. The summed E-state index contributed by atoms with van der Waals surface area (Å²) in [5.74, 6) is 0. The topological polar surface area (TPSA) is 12.5 Å². The Hall–Kier alpha value is -0.0800. The van der Waals surface area contributed by atoms with Gasteiger partial charge in [-0.15, -0.1) is 0 Å². The van der Waals surface area contributed by atoms with E-state index in [1.54, 1.807) is 0 Å². The Bertz CT molecular complexity index is 67.3. The third kappa shape index (κ3) is 2.33. The van der Waals surface area contributed by atoms with E-state index in [2.05, 4.69) is 6.92 Å².